The molecule has 0 bridgehead atoms. The number of methoxy groups -OCH3 is 1. The van der Waals surface area contributed by atoms with Gasteiger partial charge in [0.25, 0.3) is 5.91 Å². The number of ketones is 1. The maximum Gasteiger partial charge on any atom is 0.264 e. The van der Waals surface area contributed by atoms with E-state index >= 15 is 0 Å². The summed E-state index contributed by atoms with van der Waals surface area (Å²) in [6.07, 6.45) is 0.245. The first-order valence-electron chi connectivity index (χ1n) is 8.96. The minimum absolute atomic E-state index is 0.275. The van der Waals surface area contributed by atoms with Gasteiger partial charge in [-0.05, 0) is 43.7 Å². The van der Waals surface area contributed by atoms with E-state index in [4.69, 9.17) is 21.1 Å². The lowest BCUT2D eigenvalue weighted by molar-refractivity contribution is -0.141. The second kappa shape index (κ2) is 8.20. The number of para-hydroxylation sites is 2. The highest BCUT2D eigenvalue weighted by molar-refractivity contribution is 6.31. The Morgan fingerprint density at radius 3 is 2.61 bits per heavy atom. The predicted molar refractivity (Wildman–Crippen MR) is 106 cm³/mol. The Balaban J connectivity index is 1.72. The summed E-state index contributed by atoms with van der Waals surface area (Å²) >= 11 is 6.05. The van der Waals surface area contributed by atoms with Gasteiger partial charge in [-0.2, -0.15) is 0 Å². The largest absolute Gasteiger partial charge is 0.493 e. The van der Waals surface area contributed by atoms with Crippen molar-refractivity contribution in [3.63, 3.8) is 0 Å². The molecule has 1 amide bonds. The Morgan fingerprint density at radius 1 is 1.21 bits per heavy atom. The second-order valence-electron chi connectivity index (χ2n) is 6.71. The molecule has 0 aliphatic carbocycles. The third kappa shape index (κ3) is 3.84. The first kappa shape index (κ1) is 20.2. The zero-order valence-corrected chi connectivity index (χ0v) is 16.5. The lowest BCUT2D eigenvalue weighted by Gasteiger charge is -2.22. The number of rotatable bonds is 8. The molecule has 1 aliphatic heterocycles. The number of hydrogen-bond donors (Lipinski definition) is 1. The molecule has 1 N–H and O–H groups in total. The smallest absolute Gasteiger partial charge is 0.264 e. The highest BCUT2D eigenvalue weighted by atomic mass is 35.5. The van der Waals surface area contributed by atoms with E-state index in [0.29, 0.717) is 47.3 Å². The number of nitrogens with zero attached hydrogens (tertiary/aromatic N) is 1. The summed E-state index contributed by atoms with van der Waals surface area (Å²) in [7, 11) is 1.57. The van der Waals surface area contributed by atoms with Gasteiger partial charge in [0, 0.05) is 23.6 Å². The third-order valence-corrected chi connectivity index (χ3v) is 4.89. The van der Waals surface area contributed by atoms with Crippen molar-refractivity contribution in [1.82, 2.24) is 0 Å². The van der Waals surface area contributed by atoms with Crippen molar-refractivity contribution < 1.29 is 24.2 Å². The summed E-state index contributed by atoms with van der Waals surface area (Å²) in [6.45, 7) is 2.04. The first-order chi connectivity index (χ1) is 13.4. The van der Waals surface area contributed by atoms with Crippen molar-refractivity contribution in [3.05, 3.63) is 53.1 Å². The molecule has 2 aromatic carbocycles. The van der Waals surface area contributed by atoms with Crippen molar-refractivity contribution in [2.45, 2.75) is 25.4 Å². The summed E-state index contributed by atoms with van der Waals surface area (Å²) in [5, 5.41) is 11.4. The Bertz CT molecular complexity index is 900. The number of aliphatic hydroxyl groups is 1. The lowest BCUT2D eigenvalue weighted by Crippen LogP contribution is -2.42. The van der Waals surface area contributed by atoms with Crippen LogP contribution in [0.25, 0.3) is 0 Å². The minimum atomic E-state index is -1.88. The molecule has 3 rings (SSSR count). The predicted octanol–water partition coefficient (Wildman–Crippen LogP) is 3.33. The fourth-order valence-corrected chi connectivity index (χ4v) is 3.59. The quantitative estimate of drug-likeness (QED) is 0.684. The van der Waals surface area contributed by atoms with Crippen LogP contribution >= 0.6 is 11.6 Å². The van der Waals surface area contributed by atoms with Gasteiger partial charge in [0.1, 0.15) is 5.78 Å². The SMILES string of the molecule is COc1ccccc1OCCCN1C(=O)[C@](O)(CC(C)=O)c2cc(Cl)ccc21. The van der Waals surface area contributed by atoms with Gasteiger partial charge in [0.15, 0.2) is 17.1 Å². The van der Waals surface area contributed by atoms with E-state index in [-0.39, 0.29) is 12.2 Å². The average molecular weight is 404 g/mol. The van der Waals surface area contributed by atoms with Gasteiger partial charge in [0.05, 0.1) is 19.4 Å². The topological polar surface area (TPSA) is 76.1 Å². The van der Waals surface area contributed by atoms with E-state index in [1.807, 2.05) is 18.2 Å². The van der Waals surface area contributed by atoms with Crippen LogP contribution in [0.2, 0.25) is 5.02 Å². The molecule has 7 heteroatoms. The van der Waals surface area contributed by atoms with E-state index in [1.54, 1.807) is 31.4 Å². The number of carbonyl (C=O) groups excluding carboxylic acids is 2. The van der Waals surface area contributed by atoms with E-state index in [2.05, 4.69) is 0 Å². The summed E-state index contributed by atoms with van der Waals surface area (Å²) in [4.78, 5) is 26.0. The molecule has 0 radical (unpaired) electrons. The summed E-state index contributed by atoms with van der Waals surface area (Å²) in [5.41, 5.74) is -0.948. The van der Waals surface area contributed by atoms with Crippen molar-refractivity contribution >= 4 is 29.0 Å². The van der Waals surface area contributed by atoms with Crippen LogP contribution in [0.1, 0.15) is 25.3 Å². The van der Waals surface area contributed by atoms with Crippen LogP contribution in [0, 0.1) is 0 Å². The number of Topliss-reactive ketones (excluding diaryl/α,β-unsaturated/α-hetero) is 1. The summed E-state index contributed by atoms with van der Waals surface area (Å²) < 4.78 is 11.0. The molecule has 148 valence electrons. The average Bonchev–Trinajstić information content (AvgIpc) is 2.86. The van der Waals surface area contributed by atoms with Gasteiger partial charge in [-0.15, -0.1) is 0 Å². The zero-order chi connectivity index (χ0) is 20.3. The number of fused-ring (bicyclic) bond motifs is 1. The molecule has 0 saturated heterocycles. The minimum Gasteiger partial charge on any atom is -0.493 e. The third-order valence-electron chi connectivity index (χ3n) is 4.65. The summed E-state index contributed by atoms with van der Waals surface area (Å²) in [6, 6.07) is 12.2. The van der Waals surface area contributed by atoms with Gasteiger partial charge in [0.2, 0.25) is 0 Å². The number of ether oxygens (including phenoxy) is 2. The molecule has 1 atom stereocenters. The van der Waals surface area contributed by atoms with E-state index in [0.717, 1.165) is 0 Å². The van der Waals surface area contributed by atoms with Gasteiger partial charge in [-0.3, -0.25) is 9.59 Å². The molecule has 0 fully saturated rings. The Kier molecular flexibility index (Phi) is 5.91. The van der Waals surface area contributed by atoms with Crippen molar-refractivity contribution in [3.8, 4) is 11.5 Å². The number of anilines is 1. The van der Waals surface area contributed by atoms with Crippen molar-refractivity contribution in [2.75, 3.05) is 25.2 Å². The van der Waals surface area contributed by atoms with Gasteiger partial charge < -0.3 is 19.5 Å². The van der Waals surface area contributed by atoms with Gasteiger partial charge >= 0.3 is 0 Å². The summed E-state index contributed by atoms with van der Waals surface area (Å²) in [5.74, 6) is 0.467. The van der Waals surface area contributed by atoms with Crippen LogP contribution in [0.15, 0.2) is 42.5 Å². The number of halogens is 1. The van der Waals surface area contributed by atoms with Crippen molar-refractivity contribution in [2.24, 2.45) is 0 Å². The highest BCUT2D eigenvalue weighted by Gasteiger charge is 2.50. The van der Waals surface area contributed by atoms with E-state index in [1.165, 1.54) is 11.8 Å². The molecule has 0 aromatic heterocycles. The van der Waals surface area contributed by atoms with Crippen LogP contribution in [-0.2, 0) is 15.2 Å². The Labute approximate surface area is 168 Å². The number of amides is 1. The monoisotopic (exact) mass is 403 g/mol. The van der Waals surface area contributed by atoms with Crippen LogP contribution < -0.4 is 14.4 Å². The standard InChI is InChI=1S/C21H22ClNO5/c1-14(24)13-21(26)16-12-15(22)8-9-17(16)23(20(21)25)10-5-11-28-19-7-4-3-6-18(19)27-2/h3-4,6-9,12,26H,5,10-11,13H2,1-2H3/t21-/m0/s1. The second-order valence-corrected chi connectivity index (χ2v) is 7.15. The lowest BCUT2D eigenvalue weighted by atomic mass is 9.90. The number of hydrogen-bond acceptors (Lipinski definition) is 5. The number of carbonyl (C=O) groups is 2. The zero-order valence-electron chi connectivity index (χ0n) is 15.8. The maximum atomic E-state index is 12.9. The van der Waals surface area contributed by atoms with E-state index < -0.39 is 11.5 Å². The van der Waals surface area contributed by atoms with E-state index in [9.17, 15) is 14.7 Å². The molecule has 0 spiro atoms. The molecule has 1 aliphatic rings. The Morgan fingerprint density at radius 2 is 1.93 bits per heavy atom. The maximum absolute atomic E-state index is 12.9. The number of benzene rings is 2. The molecular weight excluding hydrogens is 382 g/mol. The van der Waals surface area contributed by atoms with Crippen LogP contribution in [0.5, 0.6) is 11.5 Å². The van der Waals surface area contributed by atoms with Gasteiger partial charge in [-0.1, -0.05) is 23.7 Å². The molecular formula is C21H22ClNO5. The fraction of sp³-hybridized carbons (Fsp3) is 0.333. The molecule has 0 unspecified atom stereocenters. The van der Waals surface area contributed by atoms with Crippen LogP contribution in [0.3, 0.4) is 0 Å². The molecule has 6 nitrogen and oxygen atoms in total. The highest BCUT2D eigenvalue weighted by Crippen LogP contribution is 2.43. The van der Waals surface area contributed by atoms with Crippen molar-refractivity contribution in [1.29, 1.82) is 0 Å². The first-order valence-corrected chi connectivity index (χ1v) is 9.34. The molecule has 2 aromatic rings. The molecule has 0 saturated carbocycles. The van der Waals surface area contributed by atoms with Crippen LogP contribution in [0.4, 0.5) is 5.69 Å². The van der Waals surface area contributed by atoms with Crippen LogP contribution in [-0.4, -0.2) is 37.1 Å². The molecule has 28 heavy (non-hydrogen) atoms. The fourth-order valence-electron chi connectivity index (χ4n) is 3.42. The molecule has 1 heterocycles. The Hall–Kier alpha value is -2.57. The van der Waals surface area contributed by atoms with Gasteiger partial charge in [-0.25, -0.2) is 0 Å². The normalized spacial score (nSPS) is 18.1.